The van der Waals surface area contributed by atoms with Gasteiger partial charge in [-0.15, -0.1) is 0 Å². The van der Waals surface area contributed by atoms with E-state index in [0.29, 0.717) is 66.8 Å². The minimum absolute atomic E-state index is 0.0370. The highest BCUT2D eigenvalue weighted by atomic mass is 19.1. The lowest BCUT2D eigenvalue weighted by atomic mass is 9.55. The number of imidazole rings is 1. The van der Waals surface area contributed by atoms with E-state index in [1.807, 2.05) is 36.4 Å². The van der Waals surface area contributed by atoms with Crippen LogP contribution in [-0.4, -0.2) is 141 Å². The highest BCUT2D eigenvalue weighted by Gasteiger charge is 2.57. The molecule has 2 aliphatic carbocycles. The maximum atomic E-state index is 17.2. The lowest BCUT2D eigenvalue weighted by molar-refractivity contribution is -0.135. The van der Waals surface area contributed by atoms with Gasteiger partial charge in [0.1, 0.15) is 34.5 Å². The molecule has 5 saturated heterocycles. The summed E-state index contributed by atoms with van der Waals surface area (Å²) in [7, 11) is 1.71. The van der Waals surface area contributed by atoms with Crippen molar-refractivity contribution in [3.8, 4) is 23.0 Å². The molecule has 1 spiro atoms. The van der Waals surface area contributed by atoms with Crippen LogP contribution in [0, 0.1) is 16.6 Å². The lowest BCUT2D eigenvalue weighted by Crippen LogP contribution is -2.60. The van der Waals surface area contributed by atoms with Gasteiger partial charge in [0.2, 0.25) is 11.8 Å². The quantitative estimate of drug-likeness (QED) is 0.116. The number of likely N-dealkylation sites (tertiary alicyclic amines) is 1. The Bertz CT molecular complexity index is 3280. The third kappa shape index (κ3) is 8.44. The van der Waals surface area contributed by atoms with E-state index in [0.717, 1.165) is 131 Å². The molecule has 7 aliphatic rings. The third-order valence-corrected chi connectivity index (χ3v) is 18.0. The van der Waals surface area contributed by atoms with Gasteiger partial charge in [-0.3, -0.25) is 33.9 Å². The second-order valence-electron chi connectivity index (χ2n) is 23.1. The summed E-state index contributed by atoms with van der Waals surface area (Å²) in [5.74, 6) is -0.642. The highest BCUT2D eigenvalue weighted by Crippen LogP contribution is 2.58. The average molecular weight is 1010 g/mol. The van der Waals surface area contributed by atoms with Gasteiger partial charge in [0.25, 0.3) is 0 Å². The predicted octanol–water partition coefficient (Wildman–Crippen LogP) is 6.39. The summed E-state index contributed by atoms with van der Waals surface area (Å²) < 4.78 is 43.4. The highest BCUT2D eigenvalue weighted by molar-refractivity contribution is 6.02. The van der Waals surface area contributed by atoms with Gasteiger partial charge in [0.05, 0.1) is 23.0 Å². The van der Waals surface area contributed by atoms with Crippen LogP contribution in [-0.2, 0) is 23.1 Å². The molecule has 3 aromatic carbocycles. The van der Waals surface area contributed by atoms with Crippen LogP contribution in [0.2, 0.25) is 0 Å². The van der Waals surface area contributed by atoms with E-state index in [4.69, 9.17) is 19.7 Å². The van der Waals surface area contributed by atoms with Crippen molar-refractivity contribution < 1.29 is 28.2 Å². The van der Waals surface area contributed by atoms with Gasteiger partial charge in [0.15, 0.2) is 5.82 Å². The number of phenolic OH excluding ortho intramolecular Hbond substituents is 1. The molecule has 6 aromatic rings. The van der Waals surface area contributed by atoms with Crippen LogP contribution in [0.25, 0.3) is 44.0 Å². The Hall–Kier alpha value is -6.24. The maximum absolute atomic E-state index is 17.2. The van der Waals surface area contributed by atoms with Crippen molar-refractivity contribution in [1.29, 1.82) is 0 Å². The van der Waals surface area contributed by atoms with E-state index in [-0.39, 0.29) is 51.8 Å². The van der Waals surface area contributed by atoms with Gasteiger partial charge >= 0.3 is 11.7 Å². The fourth-order valence-corrected chi connectivity index (χ4v) is 14.0. The summed E-state index contributed by atoms with van der Waals surface area (Å²) in [5.41, 5.74) is 2.75. The molecule has 2 amide bonds. The number of hydrogen-bond donors (Lipinski definition) is 3. The van der Waals surface area contributed by atoms with Crippen molar-refractivity contribution in [2.24, 2.45) is 17.9 Å². The van der Waals surface area contributed by atoms with Crippen molar-refractivity contribution >= 4 is 56.0 Å². The van der Waals surface area contributed by atoms with E-state index < -0.39 is 23.4 Å². The summed E-state index contributed by atoms with van der Waals surface area (Å²) in [6.07, 6.45) is 10.3. The number of aryl methyl sites for hydroxylation is 2. The number of piperidine rings is 2. The van der Waals surface area contributed by atoms with Crippen LogP contribution in [0.15, 0.2) is 59.5 Å². The molecular weight excluding hydrogens is 945 g/mol. The SMILES string of the molecule is CCc1cccc2cc(O)cc(-c3ncc4c(N5CC6CCC(C5)N6)nc(OCC5(CN6CCC7(CC6)CC(F)(CN6CCN(c8ccc9c(c8)n(C)c(=O)n9C8CCC(=O)NC8=O)CC6)C7)CC5)nc4c3F)c12. The summed E-state index contributed by atoms with van der Waals surface area (Å²) >= 11 is 0. The fourth-order valence-electron chi connectivity index (χ4n) is 14.0. The molecule has 7 fully saturated rings. The Morgan fingerprint density at radius 3 is 2.34 bits per heavy atom. The van der Waals surface area contributed by atoms with E-state index >= 15 is 8.78 Å². The number of ether oxygens (including phenoxy) is 1. The van der Waals surface area contributed by atoms with Crippen molar-refractivity contribution in [2.75, 3.05) is 81.9 Å². The molecule has 13 rings (SSSR count). The van der Waals surface area contributed by atoms with Gasteiger partial charge in [-0.25, -0.2) is 13.6 Å². The molecule has 3 aromatic heterocycles. The zero-order valence-corrected chi connectivity index (χ0v) is 42.3. The third-order valence-electron chi connectivity index (χ3n) is 18.0. The number of benzene rings is 3. The Morgan fingerprint density at radius 1 is 0.851 bits per heavy atom. The summed E-state index contributed by atoms with van der Waals surface area (Å²) in [6.45, 7) is 10.2. The number of nitrogens with one attached hydrogen (secondary N) is 2. The molecule has 0 radical (unpaired) electrons. The normalized spacial score (nSPS) is 24.5. The van der Waals surface area contributed by atoms with Crippen LogP contribution in [0.1, 0.15) is 82.7 Å². The number of aromatic nitrogens is 5. The molecule has 74 heavy (non-hydrogen) atoms. The van der Waals surface area contributed by atoms with Gasteiger partial charge in [0, 0.05) is 101 Å². The zero-order valence-electron chi connectivity index (χ0n) is 42.3. The minimum atomic E-state index is -1.19. The number of carbonyl (C=O) groups excluding carboxylic acids is 2. The number of alkyl halides is 1. The first-order valence-electron chi connectivity index (χ1n) is 26.9. The maximum Gasteiger partial charge on any atom is 0.329 e. The zero-order chi connectivity index (χ0) is 50.7. The molecule has 2 saturated carbocycles. The van der Waals surface area contributed by atoms with Crippen molar-refractivity contribution in [3.05, 3.63) is 76.6 Å². The first-order chi connectivity index (χ1) is 35.7. The van der Waals surface area contributed by atoms with Crippen molar-refractivity contribution in [1.82, 2.24) is 44.5 Å². The first kappa shape index (κ1) is 47.5. The second kappa shape index (κ2) is 18.0. The fraction of sp³-hybridized carbons (Fsp3) is 0.536. The van der Waals surface area contributed by atoms with E-state index in [1.54, 1.807) is 29.9 Å². The molecule has 3 unspecified atom stereocenters. The molecule has 16 nitrogen and oxygen atoms in total. The summed E-state index contributed by atoms with van der Waals surface area (Å²) in [5, 5.41) is 19.1. The van der Waals surface area contributed by atoms with Crippen LogP contribution < -0.4 is 30.9 Å². The standard InChI is InChI=1S/C56H65F2N11O5/c1-3-34-5-4-6-35-23-39(70)25-40(46(34)35)48-47(57)49-41(26-59-48)50(68-27-36-7-8-37(28-68)60-36)63-52(62-49)74-33-55(13-14-55)31-65-17-15-54(16-18-65)29-56(58,30-54)32-66-19-21-67(22-20-66)38-9-10-42-44(24-38)64(2)53(73)69(42)43-11-12-45(71)61-51(43)72/h4-6,9-10,23-26,36-37,43,60,70H,3,7-8,11-22,27-33H2,1-2H3,(H,61,71,72). The van der Waals surface area contributed by atoms with Crippen LogP contribution in [0.3, 0.4) is 0 Å². The number of rotatable bonds is 12. The summed E-state index contributed by atoms with van der Waals surface area (Å²) in [4.78, 5) is 61.6. The molecular formula is C56H65F2N11O5. The smallest absolute Gasteiger partial charge is 0.329 e. The number of imide groups is 1. The van der Waals surface area contributed by atoms with Crippen LogP contribution in [0.4, 0.5) is 20.3 Å². The number of aromatic hydroxyl groups is 1. The van der Waals surface area contributed by atoms with E-state index in [2.05, 4.69) is 37.2 Å². The second-order valence-corrected chi connectivity index (χ2v) is 23.1. The Balaban J connectivity index is 0.639. The van der Waals surface area contributed by atoms with Crippen LogP contribution >= 0.6 is 0 Å². The number of carbonyl (C=O) groups is 2. The molecule has 5 aliphatic heterocycles. The molecule has 8 heterocycles. The average Bonchev–Trinajstić information content (AvgIpc) is 4.01. The Morgan fingerprint density at radius 2 is 1.61 bits per heavy atom. The number of amides is 2. The van der Waals surface area contributed by atoms with E-state index in [1.165, 1.54) is 4.57 Å². The number of piperazine rings is 2. The van der Waals surface area contributed by atoms with Crippen molar-refractivity contribution in [2.45, 2.75) is 101 Å². The van der Waals surface area contributed by atoms with Gasteiger partial charge in [-0.2, -0.15) is 9.97 Å². The number of phenols is 1. The summed E-state index contributed by atoms with van der Waals surface area (Å²) in [6, 6.07) is 15.2. The topological polar surface area (TPSA) is 166 Å². The number of hydrogen-bond acceptors (Lipinski definition) is 13. The monoisotopic (exact) mass is 1010 g/mol. The van der Waals surface area contributed by atoms with Gasteiger partial charge < -0.3 is 29.9 Å². The minimum Gasteiger partial charge on any atom is -0.508 e. The Labute approximate surface area is 428 Å². The number of anilines is 2. The first-order valence-corrected chi connectivity index (χ1v) is 26.9. The number of nitrogens with zero attached hydrogens (tertiary/aromatic N) is 9. The molecule has 18 heteroatoms. The number of fused-ring (bicyclic) bond motifs is 5. The molecule has 388 valence electrons. The number of pyridine rings is 1. The largest absolute Gasteiger partial charge is 0.508 e. The lowest BCUT2D eigenvalue weighted by Gasteiger charge is -2.57. The van der Waals surface area contributed by atoms with E-state index in [9.17, 15) is 19.5 Å². The number of halogens is 2. The van der Waals surface area contributed by atoms with Gasteiger partial charge in [-0.1, -0.05) is 25.1 Å². The molecule has 3 N–H and O–H groups in total. The predicted molar refractivity (Wildman–Crippen MR) is 279 cm³/mol. The van der Waals surface area contributed by atoms with Gasteiger partial charge in [-0.05, 0) is 129 Å². The van der Waals surface area contributed by atoms with Crippen molar-refractivity contribution in [3.63, 3.8) is 0 Å². The molecule has 2 bridgehead atoms. The Kier molecular flexibility index (Phi) is 11.5. The van der Waals surface area contributed by atoms with Crippen LogP contribution in [0.5, 0.6) is 11.8 Å². The molecule has 3 atom stereocenters.